The highest BCUT2D eigenvalue weighted by Crippen LogP contribution is 2.44. The van der Waals surface area contributed by atoms with Crippen molar-refractivity contribution >= 4 is 11.6 Å². The maximum atomic E-state index is 13.7. The third kappa shape index (κ3) is 3.82. The van der Waals surface area contributed by atoms with Crippen molar-refractivity contribution in [2.24, 2.45) is 5.92 Å². The summed E-state index contributed by atoms with van der Waals surface area (Å²) in [4.78, 5) is 15.4. The van der Waals surface area contributed by atoms with Crippen LogP contribution in [0.5, 0.6) is 5.75 Å². The van der Waals surface area contributed by atoms with Crippen molar-refractivity contribution in [3.05, 3.63) is 76.9 Å². The number of carbonyl (C=O) groups excluding carboxylic acids is 1. The van der Waals surface area contributed by atoms with Crippen molar-refractivity contribution in [1.82, 2.24) is 9.78 Å². The van der Waals surface area contributed by atoms with E-state index < -0.39 is 0 Å². The lowest BCUT2D eigenvalue weighted by Crippen LogP contribution is -2.30. The second-order valence-corrected chi connectivity index (χ2v) is 8.36. The molecule has 0 saturated heterocycles. The first kappa shape index (κ1) is 21.1. The van der Waals surface area contributed by atoms with Gasteiger partial charge in [0, 0.05) is 23.5 Å². The fraction of sp³-hybridized carbons (Fsp3) is 0.360. The van der Waals surface area contributed by atoms with E-state index in [2.05, 4.69) is 20.8 Å². The molecule has 0 bridgehead atoms. The number of halogens is 1. The van der Waals surface area contributed by atoms with E-state index in [-0.39, 0.29) is 17.8 Å². The monoisotopic (exact) mass is 421 g/mol. The smallest absolute Gasteiger partial charge is 0.280 e. The molecule has 1 unspecified atom stereocenters. The molecule has 1 aliphatic heterocycles. The van der Waals surface area contributed by atoms with Crippen LogP contribution in [0, 0.1) is 11.7 Å². The van der Waals surface area contributed by atoms with Crippen molar-refractivity contribution in [3.63, 3.8) is 0 Å². The molecule has 5 nitrogen and oxygen atoms in total. The molecule has 3 aromatic rings. The molecule has 1 aliphatic rings. The Balaban J connectivity index is 1.90. The van der Waals surface area contributed by atoms with Crippen LogP contribution in [0.2, 0.25) is 0 Å². The van der Waals surface area contributed by atoms with Gasteiger partial charge in [-0.1, -0.05) is 32.9 Å². The van der Waals surface area contributed by atoms with Gasteiger partial charge in [-0.05, 0) is 60.7 Å². The van der Waals surface area contributed by atoms with E-state index in [0.717, 1.165) is 47.6 Å². The summed E-state index contributed by atoms with van der Waals surface area (Å²) in [6, 6.07) is 13.5. The zero-order chi connectivity index (χ0) is 22.1. The number of rotatable bonds is 7. The Kier molecular flexibility index (Phi) is 5.81. The lowest BCUT2D eigenvalue weighted by Gasteiger charge is -2.27. The maximum absolute atomic E-state index is 13.7. The van der Waals surface area contributed by atoms with Crippen LogP contribution >= 0.6 is 0 Å². The molecule has 0 aliphatic carbocycles. The number of methoxy groups -OCH3 is 1. The lowest BCUT2D eigenvalue weighted by atomic mass is 9.95. The summed E-state index contributed by atoms with van der Waals surface area (Å²) < 4.78 is 21.0. The first-order valence-electron chi connectivity index (χ1n) is 10.8. The van der Waals surface area contributed by atoms with Gasteiger partial charge in [0.15, 0.2) is 5.69 Å². The number of amides is 1. The second kappa shape index (κ2) is 8.53. The topological polar surface area (TPSA) is 47.4 Å². The number of aryl methyl sites for hydroxylation is 1. The molecule has 6 heteroatoms. The Morgan fingerprint density at radius 3 is 2.35 bits per heavy atom. The Labute approximate surface area is 182 Å². The molecule has 0 radical (unpaired) electrons. The van der Waals surface area contributed by atoms with Gasteiger partial charge in [0.05, 0.1) is 13.2 Å². The predicted molar refractivity (Wildman–Crippen MR) is 119 cm³/mol. The number of benzene rings is 2. The number of hydrogen-bond acceptors (Lipinski definition) is 3. The van der Waals surface area contributed by atoms with Crippen LogP contribution in [0.1, 0.15) is 60.5 Å². The summed E-state index contributed by atoms with van der Waals surface area (Å²) in [5, 5.41) is 4.74. The van der Waals surface area contributed by atoms with Crippen LogP contribution in [0.25, 0.3) is 0 Å². The molecule has 1 aromatic heterocycles. The summed E-state index contributed by atoms with van der Waals surface area (Å²) >= 11 is 0. The zero-order valence-corrected chi connectivity index (χ0v) is 18.4. The van der Waals surface area contributed by atoms with Crippen LogP contribution in [-0.4, -0.2) is 22.8 Å². The highest BCUT2D eigenvalue weighted by atomic mass is 19.1. The van der Waals surface area contributed by atoms with Gasteiger partial charge in [0.25, 0.3) is 5.91 Å². The fourth-order valence-corrected chi connectivity index (χ4v) is 4.29. The van der Waals surface area contributed by atoms with E-state index in [9.17, 15) is 9.18 Å². The van der Waals surface area contributed by atoms with E-state index in [1.807, 2.05) is 28.9 Å². The van der Waals surface area contributed by atoms with Gasteiger partial charge in [-0.15, -0.1) is 0 Å². The van der Waals surface area contributed by atoms with Crippen LogP contribution < -0.4 is 9.64 Å². The molecule has 2 aromatic carbocycles. The predicted octanol–water partition coefficient (Wildman–Crippen LogP) is 5.39. The highest BCUT2D eigenvalue weighted by Gasteiger charge is 2.44. The number of fused-ring (bicyclic) bond motifs is 1. The number of hydrogen-bond donors (Lipinski definition) is 0. The van der Waals surface area contributed by atoms with E-state index >= 15 is 0 Å². The molecular weight excluding hydrogens is 393 g/mol. The Morgan fingerprint density at radius 1 is 1.10 bits per heavy atom. The summed E-state index contributed by atoms with van der Waals surface area (Å²) in [5.41, 5.74) is 4.15. The molecule has 162 valence electrons. The molecule has 1 atom stereocenters. The standard InChI is InChI=1S/C25H28FN3O2/c1-5-14-28-21(15-16(2)3)22-23(27-28)25(30)29(19-10-12-20(31-4)13-11-19)24(22)17-6-8-18(26)9-7-17/h6-13,16,24H,5,14-15H2,1-4H3. The number of ether oxygens (including phenoxy) is 1. The van der Waals surface area contributed by atoms with Crippen LogP contribution in [0.3, 0.4) is 0 Å². The largest absolute Gasteiger partial charge is 0.497 e. The highest BCUT2D eigenvalue weighted by molar-refractivity contribution is 6.10. The number of aromatic nitrogens is 2. The van der Waals surface area contributed by atoms with Crippen LogP contribution in [0.4, 0.5) is 10.1 Å². The number of nitrogens with zero attached hydrogens (tertiary/aromatic N) is 3. The third-order valence-electron chi connectivity index (χ3n) is 5.62. The average molecular weight is 422 g/mol. The zero-order valence-electron chi connectivity index (χ0n) is 18.4. The quantitative estimate of drug-likeness (QED) is 0.514. The van der Waals surface area contributed by atoms with Gasteiger partial charge >= 0.3 is 0 Å². The van der Waals surface area contributed by atoms with E-state index in [1.54, 1.807) is 24.1 Å². The van der Waals surface area contributed by atoms with Gasteiger partial charge in [0.1, 0.15) is 11.6 Å². The first-order chi connectivity index (χ1) is 14.9. The Morgan fingerprint density at radius 2 is 1.77 bits per heavy atom. The SMILES string of the molecule is CCCn1nc2c(c1CC(C)C)C(c1ccc(F)cc1)N(c1ccc(OC)cc1)C2=O. The molecule has 4 rings (SSSR count). The Bertz CT molecular complexity index is 1070. The van der Waals surface area contributed by atoms with Crippen molar-refractivity contribution < 1.29 is 13.9 Å². The summed E-state index contributed by atoms with van der Waals surface area (Å²) in [5.74, 6) is 0.707. The van der Waals surface area contributed by atoms with Gasteiger partial charge in [-0.2, -0.15) is 5.10 Å². The molecule has 1 amide bonds. The first-order valence-corrected chi connectivity index (χ1v) is 10.8. The molecule has 0 N–H and O–H groups in total. The molecule has 0 saturated carbocycles. The average Bonchev–Trinajstić information content (AvgIpc) is 3.24. The molecular formula is C25H28FN3O2. The Hall–Kier alpha value is -3.15. The minimum atomic E-state index is -0.351. The van der Waals surface area contributed by atoms with Gasteiger partial charge in [-0.25, -0.2) is 4.39 Å². The van der Waals surface area contributed by atoms with Gasteiger partial charge in [0.2, 0.25) is 0 Å². The lowest BCUT2D eigenvalue weighted by molar-refractivity contribution is 0.0987. The maximum Gasteiger partial charge on any atom is 0.280 e. The fourth-order valence-electron chi connectivity index (χ4n) is 4.29. The molecule has 31 heavy (non-hydrogen) atoms. The third-order valence-corrected chi connectivity index (χ3v) is 5.62. The number of carbonyl (C=O) groups is 1. The van der Waals surface area contributed by atoms with E-state index in [0.29, 0.717) is 11.6 Å². The normalized spacial score (nSPS) is 15.6. The summed E-state index contributed by atoms with van der Waals surface area (Å²) in [7, 11) is 1.61. The van der Waals surface area contributed by atoms with Crippen LogP contribution in [-0.2, 0) is 13.0 Å². The molecule has 2 heterocycles. The van der Waals surface area contributed by atoms with Gasteiger partial charge < -0.3 is 4.74 Å². The minimum absolute atomic E-state index is 0.130. The van der Waals surface area contributed by atoms with Crippen molar-refractivity contribution in [2.45, 2.75) is 46.2 Å². The second-order valence-electron chi connectivity index (χ2n) is 8.36. The minimum Gasteiger partial charge on any atom is -0.497 e. The molecule has 0 spiro atoms. The van der Waals surface area contributed by atoms with Gasteiger partial charge in [-0.3, -0.25) is 14.4 Å². The summed E-state index contributed by atoms with van der Waals surface area (Å²) in [6.07, 6.45) is 1.76. The van der Waals surface area contributed by atoms with E-state index in [1.165, 1.54) is 12.1 Å². The van der Waals surface area contributed by atoms with E-state index in [4.69, 9.17) is 9.84 Å². The van der Waals surface area contributed by atoms with Crippen molar-refractivity contribution in [1.29, 1.82) is 0 Å². The number of anilines is 1. The molecule has 0 fully saturated rings. The van der Waals surface area contributed by atoms with Crippen molar-refractivity contribution in [3.8, 4) is 5.75 Å². The summed E-state index contributed by atoms with van der Waals surface area (Å²) in [6.45, 7) is 7.21. The van der Waals surface area contributed by atoms with Crippen LogP contribution in [0.15, 0.2) is 48.5 Å². The van der Waals surface area contributed by atoms with Crippen molar-refractivity contribution in [2.75, 3.05) is 12.0 Å².